The van der Waals surface area contributed by atoms with Crippen LogP contribution in [0.1, 0.15) is 28.4 Å². The minimum absolute atomic E-state index is 0.0786. The molecule has 0 unspecified atom stereocenters. The summed E-state index contributed by atoms with van der Waals surface area (Å²) in [5.74, 6) is -1.88. The molecule has 3 aromatic rings. The second-order valence-corrected chi connectivity index (χ2v) is 7.40. The van der Waals surface area contributed by atoms with Crippen molar-refractivity contribution in [2.24, 2.45) is 5.73 Å². The van der Waals surface area contributed by atoms with Gasteiger partial charge >= 0.3 is 11.9 Å². The number of ether oxygens (including phenoxy) is 1. The van der Waals surface area contributed by atoms with Gasteiger partial charge in [0.05, 0.1) is 5.56 Å². The van der Waals surface area contributed by atoms with E-state index >= 15 is 0 Å². The molecule has 0 radical (unpaired) electrons. The summed E-state index contributed by atoms with van der Waals surface area (Å²) < 4.78 is 5.33. The number of para-hydroxylation sites is 1. The summed E-state index contributed by atoms with van der Waals surface area (Å²) in [7, 11) is 0. The van der Waals surface area contributed by atoms with Crippen molar-refractivity contribution in [3.63, 3.8) is 0 Å². The van der Waals surface area contributed by atoms with E-state index in [1.165, 1.54) is 4.90 Å². The summed E-state index contributed by atoms with van der Waals surface area (Å²) in [4.78, 5) is 37.8. The average molecular weight is 457 g/mol. The van der Waals surface area contributed by atoms with Crippen LogP contribution in [0.25, 0.3) is 6.08 Å². The Kier molecular flexibility index (Phi) is 7.56. The molecule has 0 aliphatic carbocycles. The molecule has 3 rings (SSSR count). The maximum atomic E-state index is 12.9. The van der Waals surface area contributed by atoms with Crippen molar-refractivity contribution in [2.45, 2.75) is 6.92 Å². The molecule has 8 nitrogen and oxygen atoms in total. The highest BCUT2D eigenvalue weighted by atomic mass is 16.5. The molecule has 0 saturated carbocycles. The molecule has 0 aliphatic rings. The first kappa shape index (κ1) is 23.9. The van der Waals surface area contributed by atoms with Crippen molar-refractivity contribution < 1.29 is 24.2 Å². The van der Waals surface area contributed by atoms with Gasteiger partial charge in [0.1, 0.15) is 18.1 Å². The van der Waals surface area contributed by atoms with Crippen molar-refractivity contribution in [2.75, 3.05) is 11.4 Å². The number of anilines is 1. The van der Waals surface area contributed by atoms with Gasteiger partial charge in [-0.15, -0.1) is 0 Å². The summed E-state index contributed by atoms with van der Waals surface area (Å²) in [6.07, 6.45) is 1.62. The number of carboxylic acids is 1. The lowest BCUT2D eigenvalue weighted by atomic mass is 10.1. The maximum absolute atomic E-state index is 12.9. The van der Waals surface area contributed by atoms with Crippen LogP contribution in [0.2, 0.25) is 0 Å². The Morgan fingerprint density at radius 3 is 2.09 bits per heavy atom. The number of rotatable bonds is 8. The van der Waals surface area contributed by atoms with Crippen molar-refractivity contribution in [1.82, 2.24) is 0 Å². The number of carbonyl (C=O) groups is 3. The number of carbonyl (C=O) groups excluding carboxylic acids is 2. The number of hydrogen-bond donors (Lipinski definition) is 3. The summed E-state index contributed by atoms with van der Waals surface area (Å²) in [5.41, 5.74) is 7.73. The number of benzene rings is 3. The number of amides is 1. The number of nitrogens with one attached hydrogen (secondary N) is 1. The van der Waals surface area contributed by atoms with Crippen molar-refractivity contribution >= 4 is 35.4 Å². The van der Waals surface area contributed by atoms with E-state index in [0.717, 1.165) is 0 Å². The Hall–Kier alpha value is -4.72. The fraction of sp³-hybridized carbons (Fsp3) is 0.0769. The lowest BCUT2D eigenvalue weighted by Gasteiger charge is -2.21. The van der Waals surface area contributed by atoms with Crippen molar-refractivity contribution in [3.8, 4) is 5.75 Å². The smallest absolute Gasteiger partial charge is 0.343 e. The van der Waals surface area contributed by atoms with E-state index in [1.807, 2.05) is 0 Å². The Labute approximate surface area is 196 Å². The zero-order valence-corrected chi connectivity index (χ0v) is 18.4. The van der Waals surface area contributed by atoms with Gasteiger partial charge in [-0.05, 0) is 67.1 Å². The molecule has 0 saturated heterocycles. The third-order valence-corrected chi connectivity index (χ3v) is 4.85. The van der Waals surface area contributed by atoms with Crippen LogP contribution in [0.3, 0.4) is 0 Å². The van der Waals surface area contributed by atoms with E-state index in [4.69, 9.17) is 15.9 Å². The lowest BCUT2D eigenvalue weighted by Crippen LogP contribution is -2.36. The van der Waals surface area contributed by atoms with E-state index in [0.29, 0.717) is 33.7 Å². The SMILES string of the molecule is CC(=Cc1ccc(C(=O)Oc2ccc(C(=N)N)cc2)cc1)C(=O)N(CC(=O)O)c1ccccc1. The fourth-order valence-electron chi connectivity index (χ4n) is 3.13. The lowest BCUT2D eigenvalue weighted by molar-refractivity contribution is -0.136. The molecule has 0 fully saturated rings. The highest BCUT2D eigenvalue weighted by Gasteiger charge is 2.20. The molecular weight excluding hydrogens is 434 g/mol. The molecule has 172 valence electrons. The highest BCUT2D eigenvalue weighted by molar-refractivity contribution is 6.09. The number of amidine groups is 1. The normalized spacial score (nSPS) is 10.9. The maximum Gasteiger partial charge on any atom is 0.343 e. The topological polar surface area (TPSA) is 134 Å². The number of nitrogens with zero attached hydrogens (tertiary/aromatic N) is 1. The van der Waals surface area contributed by atoms with Crippen LogP contribution in [0.15, 0.2) is 84.4 Å². The molecule has 0 spiro atoms. The van der Waals surface area contributed by atoms with E-state index in [1.54, 1.807) is 91.9 Å². The number of nitrogens with two attached hydrogens (primary N) is 1. The molecule has 1 amide bonds. The van der Waals surface area contributed by atoms with Gasteiger partial charge < -0.3 is 15.6 Å². The zero-order valence-electron chi connectivity index (χ0n) is 18.4. The van der Waals surface area contributed by atoms with Gasteiger partial charge in [-0.3, -0.25) is 19.9 Å². The summed E-state index contributed by atoms with van der Waals surface area (Å²) in [6.45, 7) is 1.14. The Morgan fingerprint density at radius 2 is 1.53 bits per heavy atom. The molecule has 34 heavy (non-hydrogen) atoms. The minimum atomic E-state index is -1.12. The number of carboxylic acid groups (broad SMARTS) is 1. The highest BCUT2D eigenvalue weighted by Crippen LogP contribution is 2.19. The Balaban J connectivity index is 1.72. The van der Waals surface area contributed by atoms with E-state index < -0.39 is 24.4 Å². The third kappa shape index (κ3) is 6.17. The van der Waals surface area contributed by atoms with Gasteiger partial charge in [-0.1, -0.05) is 30.3 Å². The zero-order chi connectivity index (χ0) is 24.7. The Morgan fingerprint density at radius 1 is 0.941 bits per heavy atom. The van der Waals surface area contributed by atoms with E-state index in [9.17, 15) is 19.5 Å². The second kappa shape index (κ2) is 10.7. The largest absolute Gasteiger partial charge is 0.480 e. The van der Waals surface area contributed by atoms with Crippen LogP contribution in [0.5, 0.6) is 5.75 Å². The van der Waals surface area contributed by atoms with Gasteiger partial charge in [-0.2, -0.15) is 0 Å². The predicted molar refractivity (Wildman–Crippen MR) is 129 cm³/mol. The van der Waals surface area contributed by atoms with E-state index in [-0.39, 0.29) is 5.84 Å². The molecule has 0 aliphatic heterocycles. The summed E-state index contributed by atoms with van der Waals surface area (Å²) in [5, 5.41) is 16.6. The number of nitrogen functional groups attached to an aromatic ring is 1. The molecular formula is C26H23N3O5. The third-order valence-electron chi connectivity index (χ3n) is 4.85. The number of esters is 1. The van der Waals surface area contributed by atoms with Crippen LogP contribution < -0.4 is 15.4 Å². The molecule has 0 bridgehead atoms. The van der Waals surface area contributed by atoms with Gasteiger partial charge in [0.2, 0.25) is 0 Å². The molecule has 0 aromatic heterocycles. The van der Waals surface area contributed by atoms with Crippen LogP contribution in [-0.4, -0.2) is 35.3 Å². The van der Waals surface area contributed by atoms with Crippen LogP contribution in [0, 0.1) is 5.41 Å². The molecule has 4 N–H and O–H groups in total. The second-order valence-electron chi connectivity index (χ2n) is 7.40. The quantitative estimate of drug-likeness (QED) is 0.155. The average Bonchev–Trinajstić information content (AvgIpc) is 2.83. The van der Waals surface area contributed by atoms with Gasteiger partial charge in [-0.25, -0.2) is 4.79 Å². The first-order chi connectivity index (χ1) is 16.2. The molecule has 8 heteroatoms. The Bertz CT molecular complexity index is 1230. The predicted octanol–water partition coefficient (Wildman–Crippen LogP) is 3.71. The first-order valence-electron chi connectivity index (χ1n) is 10.3. The summed E-state index contributed by atoms with van der Waals surface area (Å²) >= 11 is 0. The fourth-order valence-corrected chi connectivity index (χ4v) is 3.13. The number of aliphatic carboxylic acids is 1. The monoisotopic (exact) mass is 457 g/mol. The first-order valence-corrected chi connectivity index (χ1v) is 10.3. The number of hydrogen-bond acceptors (Lipinski definition) is 5. The minimum Gasteiger partial charge on any atom is -0.480 e. The van der Waals surface area contributed by atoms with Crippen molar-refractivity contribution in [3.05, 3.63) is 101 Å². The van der Waals surface area contributed by atoms with Gasteiger partial charge in [0.25, 0.3) is 5.91 Å². The van der Waals surface area contributed by atoms with Crippen LogP contribution in [-0.2, 0) is 9.59 Å². The van der Waals surface area contributed by atoms with Gasteiger partial charge in [0.15, 0.2) is 0 Å². The molecule has 0 atom stereocenters. The summed E-state index contributed by atoms with van der Waals surface area (Å²) in [6, 6.07) is 21.3. The van der Waals surface area contributed by atoms with Crippen molar-refractivity contribution in [1.29, 1.82) is 5.41 Å². The van der Waals surface area contributed by atoms with Crippen LogP contribution in [0.4, 0.5) is 5.69 Å². The van der Waals surface area contributed by atoms with E-state index in [2.05, 4.69) is 0 Å². The molecule has 0 heterocycles. The van der Waals surface area contributed by atoms with Gasteiger partial charge in [0, 0.05) is 16.8 Å². The molecule has 3 aromatic carbocycles. The van der Waals surface area contributed by atoms with Crippen LogP contribution >= 0.6 is 0 Å². The standard InChI is InChI=1S/C26H23N3O5/c1-17(25(32)29(16-23(30)31)21-5-3-2-4-6-21)15-18-7-9-20(10-8-18)26(33)34-22-13-11-19(12-14-22)24(27)28/h2-15H,16H2,1H3,(H3,27,28)(H,30,31).